The lowest BCUT2D eigenvalue weighted by Crippen LogP contribution is -2.57. The van der Waals surface area contributed by atoms with Crippen LogP contribution in [0.25, 0.3) is 0 Å². The smallest absolute Gasteiger partial charge is 0.379 e. The van der Waals surface area contributed by atoms with Gasteiger partial charge in [-0.1, -0.05) is 6.92 Å². The van der Waals surface area contributed by atoms with Crippen LogP contribution in [-0.2, 0) is 27.5 Å². The summed E-state index contributed by atoms with van der Waals surface area (Å²) in [7, 11) is -2.80. The van der Waals surface area contributed by atoms with Crippen LogP contribution in [0.2, 0.25) is 0 Å². The normalized spacial score (nSPS) is 19.8. The van der Waals surface area contributed by atoms with Crippen LogP contribution in [0, 0.1) is 0 Å². The summed E-state index contributed by atoms with van der Waals surface area (Å²) in [6.45, 7) is 12.5. The molecule has 0 aromatic heterocycles. The Bertz CT molecular complexity index is 282. The summed E-state index contributed by atoms with van der Waals surface area (Å²) in [6, 6.07) is 0. The van der Waals surface area contributed by atoms with Crippen LogP contribution in [-0.4, -0.2) is 66.9 Å². The zero-order valence-electron chi connectivity index (χ0n) is 15.9. The molecule has 0 amide bonds. The van der Waals surface area contributed by atoms with Crippen LogP contribution in [0.4, 0.5) is 0 Å². The van der Waals surface area contributed by atoms with Gasteiger partial charge in [-0.05, 0) is 46.5 Å². The predicted octanol–water partition coefficient (Wildman–Crippen LogP) is 2.95. The van der Waals surface area contributed by atoms with Crippen LogP contribution in [0.5, 0.6) is 0 Å². The van der Waals surface area contributed by atoms with Crippen molar-refractivity contribution in [1.82, 2.24) is 0 Å². The second-order valence-corrected chi connectivity index (χ2v) is 8.45. The maximum Gasteiger partial charge on any atom is 0.531 e. The third-order valence-corrected chi connectivity index (χ3v) is 7.32. The summed E-state index contributed by atoms with van der Waals surface area (Å²) in [5.74, 6) is 0. The number of hydrogen-bond acceptors (Lipinski definition) is 6. The molecule has 2 unspecified atom stereocenters. The fraction of sp³-hybridized carbons (Fsp3) is 1.00. The Kier molecular flexibility index (Phi) is 12.1. The van der Waals surface area contributed by atoms with E-state index in [0.717, 1.165) is 32.3 Å². The lowest BCUT2D eigenvalue weighted by Gasteiger charge is -2.34. The molecule has 1 aliphatic rings. The largest absolute Gasteiger partial charge is 0.531 e. The Labute approximate surface area is 148 Å². The van der Waals surface area contributed by atoms with Gasteiger partial charge in [0, 0.05) is 39.6 Å². The minimum absolute atomic E-state index is 0.129. The predicted molar refractivity (Wildman–Crippen MR) is 95.1 cm³/mol. The molecule has 1 fully saturated rings. The van der Waals surface area contributed by atoms with Gasteiger partial charge >= 0.3 is 8.80 Å². The van der Waals surface area contributed by atoms with E-state index in [9.17, 15) is 0 Å². The van der Waals surface area contributed by atoms with E-state index in [-0.39, 0.29) is 11.8 Å². The van der Waals surface area contributed by atoms with Gasteiger partial charge in [-0.15, -0.1) is 0 Å². The van der Waals surface area contributed by atoms with E-state index in [4.69, 9.17) is 27.5 Å². The van der Waals surface area contributed by atoms with Crippen molar-refractivity contribution in [3.63, 3.8) is 0 Å². The van der Waals surface area contributed by atoms with E-state index in [1.54, 1.807) is 0 Å². The topological polar surface area (TPSA) is 55.4 Å². The van der Waals surface area contributed by atoms with Crippen LogP contribution in [0.15, 0.2) is 0 Å². The first-order chi connectivity index (χ1) is 11.7. The van der Waals surface area contributed by atoms with Crippen molar-refractivity contribution in [3.05, 3.63) is 0 Å². The van der Waals surface area contributed by atoms with Crippen LogP contribution < -0.4 is 0 Å². The quantitative estimate of drug-likeness (QED) is 0.329. The zero-order valence-corrected chi connectivity index (χ0v) is 16.9. The average molecular weight is 365 g/mol. The highest BCUT2D eigenvalue weighted by Gasteiger charge is 2.49. The summed E-state index contributed by atoms with van der Waals surface area (Å²) in [5, 5.41) is 0. The van der Waals surface area contributed by atoms with E-state index in [0.29, 0.717) is 39.6 Å². The Morgan fingerprint density at radius 3 is 2.17 bits per heavy atom. The van der Waals surface area contributed by atoms with E-state index >= 15 is 0 Å². The summed E-state index contributed by atoms with van der Waals surface area (Å²) in [6.07, 6.45) is 4.19. The van der Waals surface area contributed by atoms with Crippen molar-refractivity contribution in [2.24, 2.45) is 0 Å². The molecular formula is C17H36O6Si. The molecule has 144 valence electrons. The Morgan fingerprint density at radius 2 is 1.67 bits per heavy atom. The minimum Gasteiger partial charge on any atom is -0.379 e. The van der Waals surface area contributed by atoms with Gasteiger partial charge in [-0.3, -0.25) is 0 Å². The molecule has 24 heavy (non-hydrogen) atoms. The first kappa shape index (κ1) is 22.0. The second-order valence-electron chi connectivity index (χ2n) is 5.73. The average Bonchev–Trinajstić information content (AvgIpc) is 3.08. The molecule has 2 atom stereocenters. The van der Waals surface area contributed by atoms with Crippen LogP contribution in [0.3, 0.4) is 0 Å². The van der Waals surface area contributed by atoms with E-state index in [2.05, 4.69) is 6.92 Å². The van der Waals surface area contributed by atoms with E-state index in [1.807, 2.05) is 20.8 Å². The van der Waals surface area contributed by atoms with Gasteiger partial charge in [0.25, 0.3) is 0 Å². The summed E-state index contributed by atoms with van der Waals surface area (Å²) < 4.78 is 35.1. The van der Waals surface area contributed by atoms with Crippen molar-refractivity contribution < 1.29 is 27.5 Å². The van der Waals surface area contributed by atoms with Crippen LogP contribution in [0.1, 0.15) is 53.4 Å². The van der Waals surface area contributed by atoms with Crippen LogP contribution >= 0.6 is 0 Å². The maximum absolute atomic E-state index is 6.06. The van der Waals surface area contributed by atoms with Crippen molar-refractivity contribution in [2.75, 3.05) is 46.2 Å². The molecule has 0 aromatic rings. The minimum atomic E-state index is -2.80. The van der Waals surface area contributed by atoms with Crippen molar-refractivity contribution >= 4 is 8.80 Å². The Morgan fingerprint density at radius 1 is 1.00 bits per heavy atom. The number of ether oxygens (including phenoxy) is 3. The summed E-state index contributed by atoms with van der Waals surface area (Å²) in [4.78, 5) is 0. The molecule has 7 heteroatoms. The molecule has 0 N–H and O–H groups in total. The van der Waals surface area contributed by atoms with Gasteiger partial charge in [0.2, 0.25) is 0 Å². The fourth-order valence-corrected chi connectivity index (χ4v) is 5.69. The molecule has 0 bridgehead atoms. The van der Waals surface area contributed by atoms with Gasteiger partial charge in [-0.2, -0.15) is 0 Å². The van der Waals surface area contributed by atoms with Gasteiger partial charge in [0.1, 0.15) is 5.73 Å². The summed E-state index contributed by atoms with van der Waals surface area (Å²) in [5.41, 5.74) is -0.129. The first-order valence-corrected chi connectivity index (χ1v) is 11.2. The van der Waals surface area contributed by atoms with Crippen molar-refractivity contribution in [1.29, 1.82) is 0 Å². The standard InChI is InChI=1S/C17H36O6Si/c1-5-17(24(21-6-2,22-7-3)23-8-4)20-14-10-12-18-15-16-11-9-13-19-16/h16-17H,5-15H2,1-4H3. The molecule has 1 saturated heterocycles. The van der Waals surface area contributed by atoms with Crippen molar-refractivity contribution in [2.45, 2.75) is 65.2 Å². The molecule has 0 saturated carbocycles. The van der Waals surface area contributed by atoms with E-state index < -0.39 is 8.80 Å². The molecular weight excluding hydrogens is 328 g/mol. The highest BCUT2D eigenvalue weighted by molar-refractivity contribution is 6.62. The molecule has 1 aliphatic heterocycles. The zero-order chi connectivity index (χ0) is 17.7. The third kappa shape index (κ3) is 7.47. The second kappa shape index (κ2) is 13.2. The van der Waals surface area contributed by atoms with E-state index in [1.165, 1.54) is 0 Å². The SMILES string of the molecule is CCO[Si](OCC)(OCC)C(CC)OCCCOCC1CCCO1. The fourth-order valence-electron chi connectivity index (χ4n) is 2.85. The molecule has 0 radical (unpaired) electrons. The highest BCUT2D eigenvalue weighted by Crippen LogP contribution is 2.21. The highest BCUT2D eigenvalue weighted by atomic mass is 28.4. The van der Waals surface area contributed by atoms with Gasteiger partial charge < -0.3 is 27.5 Å². The maximum atomic E-state index is 6.06. The Balaban J connectivity index is 2.33. The van der Waals surface area contributed by atoms with Gasteiger partial charge in [0.15, 0.2) is 0 Å². The number of hydrogen-bond donors (Lipinski definition) is 0. The molecule has 6 nitrogen and oxygen atoms in total. The van der Waals surface area contributed by atoms with Crippen molar-refractivity contribution in [3.8, 4) is 0 Å². The molecule has 0 aliphatic carbocycles. The lowest BCUT2D eigenvalue weighted by molar-refractivity contribution is -0.0224. The first-order valence-electron chi connectivity index (χ1n) is 9.45. The number of rotatable bonds is 15. The molecule has 0 spiro atoms. The van der Waals surface area contributed by atoms with Gasteiger partial charge in [-0.25, -0.2) is 0 Å². The molecule has 0 aromatic carbocycles. The Hall–Kier alpha value is -0.0231. The lowest BCUT2D eigenvalue weighted by atomic mass is 10.2. The molecule has 1 rings (SSSR count). The monoisotopic (exact) mass is 364 g/mol. The summed E-state index contributed by atoms with van der Waals surface area (Å²) >= 11 is 0. The third-order valence-electron chi connectivity index (χ3n) is 3.88. The molecule has 1 heterocycles. The van der Waals surface area contributed by atoms with Gasteiger partial charge in [0.05, 0.1) is 12.7 Å².